The minimum Gasteiger partial charge on any atom is -0.394 e. The fourth-order valence-corrected chi connectivity index (χ4v) is 3.30. The Balaban J connectivity index is 1.93. The van der Waals surface area contributed by atoms with Crippen molar-refractivity contribution in [3.63, 3.8) is 0 Å². The highest BCUT2D eigenvalue weighted by atomic mass is 16.6. The molecule has 5 nitrogen and oxygen atoms in total. The number of hydrogen-bond donors (Lipinski definition) is 3. The van der Waals surface area contributed by atoms with Crippen LogP contribution in [0.5, 0.6) is 0 Å². The number of ether oxygens (including phenoxy) is 2. The first-order valence-electron chi connectivity index (χ1n) is 10.6. The van der Waals surface area contributed by atoms with Crippen LogP contribution in [-0.2, 0) is 9.47 Å². The second kappa shape index (κ2) is 15.6. The summed E-state index contributed by atoms with van der Waals surface area (Å²) in [6.07, 6.45) is 15.2. The molecule has 0 bridgehead atoms. The van der Waals surface area contributed by atoms with Gasteiger partial charge in [-0.25, -0.2) is 0 Å². The van der Waals surface area contributed by atoms with E-state index in [9.17, 15) is 10.2 Å². The van der Waals surface area contributed by atoms with Crippen molar-refractivity contribution in [2.45, 2.75) is 102 Å². The van der Waals surface area contributed by atoms with E-state index in [0.717, 1.165) is 12.8 Å². The largest absolute Gasteiger partial charge is 0.394 e. The van der Waals surface area contributed by atoms with Crippen molar-refractivity contribution in [3.05, 3.63) is 12.2 Å². The molecule has 0 aromatic heterocycles. The topological polar surface area (TPSA) is 79.2 Å². The van der Waals surface area contributed by atoms with Gasteiger partial charge >= 0.3 is 0 Å². The molecule has 1 heterocycles. The summed E-state index contributed by atoms with van der Waals surface area (Å²) in [4.78, 5) is 0. The van der Waals surface area contributed by atoms with E-state index in [1.807, 2.05) is 0 Å². The van der Waals surface area contributed by atoms with Gasteiger partial charge in [0.2, 0.25) is 0 Å². The van der Waals surface area contributed by atoms with Gasteiger partial charge in [-0.05, 0) is 32.1 Å². The van der Waals surface area contributed by atoms with Crippen LogP contribution in [-0.4, -0.2) is 59.6 Å². The second-order valence-electron chi connectivity index (χ2n) is 7.33. The molecule has 0 unspecified atom stereocenters. The zero-order chi connectivity index (χ0) is 19.0. The predicted molar refractivity (Wildman–Crippen MR) is 104 cm³/mol. The van der Waals surface area contributed by atoms with Crippen molar-refractivity contribution in [2.75, 3.05) is 19.8 Å². The summed E-state index contributed by atoms with van der Waals surface area (Å²) in [6, 6.07) is 0. The van der Waals surface area contributed by atoms with Crippen LogP contribution in [0.4, 0.5) is 0 Å². The summed E-state index contributed by atoms with van der Waals surface area (Å²) >= 11 is 0. The molecule has 26 heavy (non-hydrogen) atoms. The Labute approximate surface area is 159 Å². The minimum atomic E-state index is -1.00. The Bertz CT molecular complexity index is 347. The second-order valence-corrected chi connectivity index (χ2v) is 7.33. The first kappa shape index (κ1) is 23.6. The Morgan fingerprint density at radius 1 is 1.00 bits per heavy atom. The van der Waals surface area contributed by atoms with Gasteiger partial charge < -0.3 is 24.8 Å². The summed E-state index contributed by atoms with van der Waals surface area (Å²) in [5.74, 6) is 0. The zero-order valence-corrected chi connectivity index (χ0v) is 16.5. The number of allylic oxidation sites excluding steroid dienone is 2. The van der Waals surface area contributed by atoms with E-state index >= 15 is 0 Å². The minimum absolute atomic E-state index is 0.152. The maximum atomic E-state index is 9.86. The van der Waals surface area contributed by atoms with Crippen molar-refractivity contribution in [1.29, 1.82) is 0 Å². The van der Waals surface area contributed by atoms with Gasteiger partial charge in [0.25, 0.3) is 0 Å². The quantitative estimate of drug-likeness (QED) is 0.286. The standard InChI is InChI=1S/C21H40O5/c1-2-3-4-5-6-7-8-9-10-11-12-13-14-15-25-21-19(24)17-26-20(21)18(23)16-22/h6-7,18-24H,2-5,8-17H2,1H3/b7-6+/t18-,19+,20-,21-/m1/s1. The zero-order valence-electron chi connectivity index (χ0n) is 16.5. The molecule has 1 rings (SSSR count). The molecule has 0 amide bonds. The Kier molecular flexibility index (Phi) is 14.1. The number of rotatable bonds is 16. The Hall–Kier alpha value is -0.460. The third-order valence-corrected chi connectivity index (χ3v) is 4.95. The van der Waals surface area contributed by atoms with E-state index in [4.69, 9.17) is 14.6 Å². The van der Waals surface area contributed by atoms with Crippen LogP contribution in [0.25, 0.3) is 0 Å². The normalized spacial score (nSPS) is 24.5. The first-order valence-corrected chi connectivity index (χ1v) is 10.6. The van der Waals surface area contributed by atoms with Crippen LogP contribution >= 0.6 is 0 Å². The third-order valence-electron chi connectivity index (χ3n) is 4.95. The van der Waals surface area contributed by atoms with Crippen LogP contribution in [0.3, 0.4) is 0 Å². The molecule has 4 atom stereocenters. The fraction of sp³-hybridized carbons (Fsp3) is 0.905. The molecule has 154 valence electrons. The smallest absolute Gasteiger partial charge is 0.114 e. The number of hydrogen-bond acceptors (Lipinski definition) is 5. The maximum Gasteiger partial charge on any atom is 0.114 e. The van der Waals surface area contributed by atoms with Crippen molar-refractivity contribution in [1.82, 2.24) is 0 Å². The SMILES string of the molecule is CCCCC/C=C/CCCCCCCCO[C@H]1[C@@H]([C@H](O)CO)OC[C@@H]1O. The molecule has 0 aromatic carbocycles. The van der Waals surface area contributed by atoms with Gasteiger partial charge in [-0.2, -0.15) is 0 Å². The van der Waals surface area contributed by atoms with Gasteiger partial charge in [0.15, 0.2) is 0 Å². The molecular formula is C21H40O5. The number of aliphatic hydroxyl groups excluding tert-OH is 3. The van der Waals surface area contributed by atoms with E-state index < -0.39 is 24.4 Å². The van der Waals surface area contributed by atoms with Crippen molar-refractivity contribution in [2.24, 2.45) is 0 Å². The molecule has 3 N–H and O–H groups in total. The van der Waals surface area contributed by atoms with Gasteiger partial charge in [0.1, 0.15) is 24.4 Å². The van der Waals surface area contributed by atoms with Crippen LogP contribution < -0.4 is 0 Å². The van der Waals surface area contributed by atoms with E-state index in [2.05, 4.69) is 19.1 Å². The van der Waals surface area contributed by atoms with Crippen LogP contribution in [0.15, 0.2) is 12.2 Å². The monoisotopic (exact) mass is 372 g/mol. The van der Waals surface area contributed by atoms with E-state index in [-0.39, 0.29) is 13.2 Å². The molecule has 0 saturated carbocycles. The van der Waals surface area contributed by atoms with Gasteiger partial charge in [0.05, 0.1) is 13.2 Å². The van der Waals surface area contributed by atoms with Crippen molar-refractivity contribution >= 4 is 0 Å². The molecular weight excluding hydrogens is 332 g/mol. The molecule has 1 aliphatic heterocycles. The summed E-state index contributed by atoms with van der Waals surface area (Å²) in [6.45, 7) is 2.56. The number of unbranched alkanes of at least 4 members (excludes halogenated alkanes) is 9. The maximum absolute atomic E-state index is 9.86. The first-order chi connectivity index (χ1) is 12.7. The lowest BCUT2D eigenvalue weighted by Crippen LogP contribution is -2.42. The lowest BCUT2D eigenvalue weighted by molar-refractivity contribution is -0.0938. The Morgan fingerprint density at radius 3 is 2.27 bits per heavy atom. The average Bonchev–Trinajstić information content (AvgIpc) is 3.02. The van der Waals surface area contributed by atoms with E-state index in [1.165, 1.54) is 57.8 Å². The van der Waals surface area contributed by atoms with Gasteiger partial charge in [0, 0.05) is 6.61 Å². The molecule has 0 aromatic rings. The molecule has 0 radical (unpaired) electrons. The van der Waals surface area contributed by atoms with Gasteiger partial charge in [-0.1, -0.05) is 57.6 Å². The number of aliphatic hydroxyl groups is 3. The third kappa shape index (κ3) is 10.0. The van der Waals surface area contributed by atoms with E-state index in [1.54, 1.807) is 0 Å². The average molecular weight is 373 g/mol. The van der Waals surface area contributed by atoms with Crippen LogP contribution in [0.2, 0.25) is 0 Å². The summed E-state index contributed by atoms with van der Waals surface area (Å²) < 4.78 is 11.0. The highest BCUT2D eigenvalue weighted by Crippen LogP contribution is 2.21. The molecule has 1 saturated heterocycles. The predicted octanol–water partition coefficient (Wildman–Crippen LogP) is 3.35. The molecule has 0 aliphatic carbocycles. The summed E-state index contributed by atoms with van der Waals surface area (Å²) in [5.41, 5.74) is 0. The molecule has 1 fully saturated rings. The van der Waals surface area contributed by atoms with Crippen molar-refractivity contribution in [3.8, 4) is 0 Å². The summed E-state index contributed by atoms with van der Waals surface area (Å²) in [7, 11) is 0. The van der Waals surface area contributed by atoms with Crippen LogP contribution in [0.1, 0.15) is 77.6 Å². The molecule has 1 aliphatic rings. The van der Waals surface area contributed by atoms with Gasteiger partial charge in [-0.15, -0.1) is 0 Å². The van der Waals surface area contributed by atoms with Gasteiger partial charge in [-0.3, -0.25) is 0 Å². The fourth-order valence-electron chi connectivity index (χ4n) is 3.30. The van der Waals surface area contributed by atoms with Crippen molar-refractivity contribution < 1.29 is 24.8 Å². The molecule has 0 spiro atoms. The highest BCUT2D eigenvalue weighted by molar-refractivity contribution is 4.89. The molecule has 5 heteroatoms. The lowest BCUT2D eigenvalue weighted by Gasteiger charge is -2.23. The van der Waals surface area contributed by atoms with Crippen LogP contribution in [0, 0.1) is 0 Å². The lowest BCUT2D eigenvalue weighted by atomic mass is 10.1. The summed E-state index contributed by atoms with van der Waals surface area (Å²) in [5, 5.41) is 28.6. The Morgan fingerprint density at radius 2 is 1.62 bits per heavy atom. The highest BCUT2D eigenvalue weighted by Gasteiger charge is 2.40. The van der Waals surface area contributed by atoms with E-state index in [0.29, 0.717) is 6.61 Å².